The third-order valence-corrected chi connectivity index (χ3v) is 5.85. The SMILES string of the molecule is NCCCCC(NC(=O)C(Cc1ccccc1)NC(=O)C(N)Cc1cnc[nH]1)C(=O)NC(CC(N)=O)C(=O)O. The summed E-state index contributed by atoms with van der Waals surface area (Å²) in [6.07, 6.45) is 3.78. The molecular formula is C25H36N8O6. The highest BCUT2D eigenvalue weighted by atomic mass is 16.4. The van der Waals surface area contributed by atoms with Crippen LogP contribution in [0.25, 0.3) is 0 Å². The van der Waals surface area contributed by atoms with Crippen LogP contribution in [0.5, 0.6) is 0 Å². The number of primary amides is 1. The second-order valence-electron chi connectivity index (χ2n) is 9.05. The topological polar surface area (TPSA) is 248 Å². The van der Waals surface area contributed by atoms with E-state index in [0.29, 0.717) is 25.1 Å². The number of amides is 4. The van der Waals surface area contributed by atoms with Crippen LogP contribution in [0.4, 0.5) is 0 Å². The molecule has 14 nitrogen and oxygen atoms in total. The number of nitrogens with one attached hydrogen (secondary N) is 4. The Hall–Kier alpha value is -4.30. The van der Waals surface area contributed by atoms with Gasteiger partial charge in [0.25, 0.3) is 0 Å². The highest BCUT2D eigenvalue weighted by Gasteiger charge is 2.31. The molecule has 39 heavy (non-hydrogen) atoms. The van der Waals surface area contributed by atoms with Crippen molar-refractivity contribution < 1.29 is 29.1 Å². The average molecular weight is 545 g/mol. The number of rotatable bonds is 17. The van der Waals surface area contributed by atoms with Gasteiger partial charge < -0.3 is 43.2 Å². The minimum absolute atomic E-state index is 0.103. The van der Waals surface area contributed by atoms with Crippen LogP contribution in [0.3, 0.4) is 0 Å². The van der Waals surface area contributed by atoms with Crippen molar-refractivity contribution in [2.24, 2.45) is 17.2 Å². The Morgan fingerprint density at radius 3 is 2.13 bits per heavy atom. The molecule has 1 aromatic carbocycles. The lowest BCUT2D eigenvalue weighted by molar-refractivity contribution is -0.143. The van der Waals surface area contributed by atoms with Gasteiger partial charge in [0.1, 0.15) is 18.1 Å². The fourth-order valence-electron chi connectivity index (χ4n) is 3.77. The van der Waals surface area contributed by atoms with E-state index >= 15 is 0 Å². The zero-order valence-corrected chi connectivity index (χ0v) is 21.5. The standard InChI is InChI=1S/C25H36N8O6/c26-9-5-4-8-18(23(36)33-20(25(38)39)12-21(28)34)31-24(37)19(10-15-6-2-1-3-7-15)32-22(35)17(27)11-16-13-29-14-30-16/h1-3,6-7,13-14,17-20H,4-5,8-12,26-27H2,(H2,28,34)(H,29,30)(H,31,37)(H,32,35)(H,33,36)(H,38,39). The third-order valence-electron chi connectivity index (χ3n) is 5.85. The summed E-state index contributed by atoms with van der Waals surface area (Å²) in [7, 11) is 0. The van der Waals surface area contributed by atoms with Gasteiger partial charge in [0.05, 0.1) is 18.8 Å². The highest BCUT2D eigenvalue weighted by Crippen LogP contribution is 2.08. The van der Waals surface area contributed by atoms with Crippen molar-refractivity contribution >= 4 is 29.6 Å². The van der Waals surface area contributed by atoms with E-state index in [4.69, 9.17) is 17.2 Å². The predicted octanol–water partition coefficient (Wildman–Crippen LogP) is -1.93. The molecule has 0 aliphatic rings. The summed E-state index contributed by atoms with van der Waals surface area (Å²) in [5, 5.41) is 16.9. The van der Waals surface area contributed by atoms with E-state index in [2.05, 4.69) is 25.9 Å². The van der Waals surface area contributed by atoms with Crippen molar-refractivity contribution in [1.29, 1.82) is 0 Å². The minimum Gasteiger partial charge on any atom is -0.480 e. The minimum atomic E-state index is -1.57. The first-order chi connectivity index (χ1) is 18.6. The summed E-state index contributed by atoms with van der Waals surface area (Å²) in [4.78, 5) is 68.7. The van der Waals surface area contributed by atoms with E-state index in [-0.39, 0.29) is 19.3 Å². The molecule has 0 aliphatic heterocycles. The van der Waals surface area contributed by atoms with Crippen molar-refractivity contribution in [3.05, 3.63) is 54.1 Å². The first-order valence-electron chi connectivity index (χ1n) is 12.5. The number of aliphatic carboxylic acids is 1. The molecule has 2 aromatic rings. The number of imidazole rings is 1. The maximum absolute atomic E-state index is 13.4. The lowest BCUT2D eigenvalue weighted by Gasteiger charge is -2.25. The number of H-pyrrole nitrogens is 1. The highest BCUT2D eigenvalue weighted by molar-refractivity contribution is 5.95. The second-order valence-corrected chi connectivity index (χ2v) is 9.05. The van der Waals surface area contributed by atoms with Gasteiger partial charge in [-0.25, -0.2) is 9.78 Å². The fourth-order valence-corrected chi connectivity index (χ4v) is 3.77. The molecule has 0 spiro atoms. The second kappa shape index (κ2) is 15.8. The number of benzene rings is 1. The molecule has 4 atom stereocenters. The molecule has 1 heterocycles. The number of carbonyl (C=O) groups is 5. The van der Waals surface area contributed by atoms with E-state index in [1.54, 1.807) is 30.3 Å². The van der Waals surface area contributed by atoms with Gasteiger partial charge in [0.15, 0.2) is 0 Å². The van der Waals surface area contributed by atoms with Crippen LogP contribution in [0, 0.1) is 0 Å². The number of hydrogen-bond donors (Lipinski definition) is 8. The molecule has 0 saturated carbocycles. The van der Waals surface area contributed by atoms with Gasteiger partial charge in [-0.3, -0.25) is 19.2 Å². The van der Waals surface area contributed by atoms with E-state index in [9.17, 15) is 29.1 Å². The van der Waals surface area contributed by atoms with Crippen LogP contribution in [0.1, 0.15) is 36.9 Å². The van der Waals surface area contributed by atoms with Gasteiger partial charge in [-0.1, -0.05) is 30.3 Å². The van der Waals surface area contributed by atoms with Crippen molar-refractivity contribution in [3.8, 4) is 0 Å². The maximum atomic E-state index is 13.4. The molecular weight excluding hydrogens is 508 g/mol. The molecule has 0 fully saturated rings. The van der Waals surface area contributed by atoms with Gasteiger partial charge in [-0.05, 0) is 31.4 Å². The van der Waals surface area contributed by atoms with Crippen LogP contribution in [-0.2, 0) is 36.8 Å². The van der Waals surface area contributed by atoms with Crippen LogP contribution in [0.2, 0.25) is 0 Å². The Morgan fingerprint density at radius 2 is 1.54 bits per heavy atom. The van der Waals surface area contributed by atoms with Crippen LogP contribution in [0.15, 0.2) is 42.9 Å². The number of nitrogens with two attached hydrogens (primary N) is 3. The number of carboxylic acids is 1. The molecule has 2 rings (SSSR count). The molecule has 4 unspecified atom stereocenters. The molecule has 1 aromatic heterocycles. The van der Waals surface area contributed by atoms with Crippen LogP contribution >= 0.6 is 0 Å². The van der Waals surface area contributed by atoms with E-state index in [1.807, 2.05) is 0 Å². The first-order valence-corrected chi connectivity index (χ1v) is 12.5. The number of unbranched alkanes of at least 4 members (excludes halogenated alkanes) is 1. The fraction of sp³-hybridized carbons (Fsp3) is 0.440. The molecule has 0 bridgehead atoms. The molecule has 0 saturated heterocycles. The number of hydrogen-bond acceptors (Lipinski definition) is 8. The summed E-state index contributed by atoms with van der Waals surface area (Å²) < 4.78 is 0. The predicted molar refractivity (Wildman–Crippen MR) is 141 cm³/mol. The number of nitrogens with zero attached hydrogens (tertiary/aromatic N) is 1. The van der Waals surface area contributed by atoms with Crippen molar-refractivity contribution in [2.45, 2.75) is 62.7 Å². The Morgan fingerprint density at radius 1 is 0.897 bits per heavy atom. The van der Waals surface area contributed by atoms with E-state index in [1.165, 1.54) is 12.5 Å². The van der Waals surface area contributed by atoms with Crippen molar-refractivity contribution in [1.82, 2.24) is 25.9 Å². The number of carboxylic acid groups (broad SMARTS) is 1. The third kappa shape index (κ3) is 10.9. The smallest absolute Gasteiger partial charge is 0.326 e. The van der Waals surface area contributed by atoms with Crippen LogP contribution in [-0.4, -0.2) is 75.4 Å². The molecule has 14 heteroatoms. The molecule has 11 N–H and O–H groups in total. The molecule has 0 aliphatic carbocycles. The Kier molecular flexibility index (Phi) is 12.6. The van der Waals surface area contributed by atoms with Crippen LogP contribution < -0.4 is 33.2 Å². The van der Waals surface area contributed by atoms with Gasteiger partial charge in [0.2, 0.25) is 23.6 Å². The summed E-state index contributed by atoms with van der Waals surface area (Å²) in [6.45, 7) is 0.350. The summed E-state index contributed by atoms with van der Waals surface area (Å²) >= 11 is 0. The largest absolute Gasteiger partial charge is 0.480 e. The van der Waals surface area contributed by atoms with Gasteiger partial charge in [0, 0.05) is 24.7 Å². The number of carbonyl (C=O) groups excluding carboxylic acids is 4. The quantitative estimate of drug-likeness (QED) is 0.103. The Labute approximate surface area is 225 Å². The van der Waals surface area contributed by atoms with E-state index in [0.717, 1.165) is 5.56 Å². The molecule has 0 radical (unpaired) electrons. The lowest BCUT2D eigenvalue weighted by atomic mass is 10.0. The number of aromatic amines is 1. The van der Waals surface area contributed by atoms with Crippen molar-refractivity contribution in [3.63, 3.8) is 0 Å². The summed E-state index contributed by atoms with van der Waals surface area (Å²) in [5.74, 6) is -4.43. The van der Waals surface area contributed by atoms with Gasteiger partial charge >= 0.3 is 5.97 Å². The monoisotopic (exact) mass is 544 g/mol. The lowest BCUT2D eigenvalue weighted by Crippen LogP contribution is -2.58. The molecule has 212 valence electrons. The van der Waals surface area contributed by atoms with Gasteiger partial charge in [-0.15, -0.1) is 0 Å². The van der Waals surface area contributed by atoms with E-state index < -0.39 is 60.2 Å². The Bertz CT molecular complexity index is 1100. The summed E-state index contributed by atoms with van der Waals surface area (Å²) in [5.41, 5.74) is 18.1. The zero-order valence-electron chi connectivity index (χ0n) is 21.5. The maximum Gasteiger partial charge on any atom is 0.326 e. The summed E-state index contributed by atoms with van der Waals surface area (Å²) in [6, 6.07) is 4.13. The normalized spacial score (nSPS) is 13.9. The van der Waals surface area contributed by atoms with Crippen molar-refractivity contribution in [2.75, 3.05) is 6.54 Å². The number of aromatic nitrogens is 2. The average Bonchev–Trinajstić information content (AvgIpc) is 3.40. The zero-order chi connectivity index (χ0) is 28.8. The van der Waals surface area contributed by atoms with Gasteiger partial charge in [-0.2, -0.15) is 0 Å². The first kappa shape index (κ1) is 30.9. The Balaban J connectivity index is 2.20. The molecule has 4 amide bonds.